The Morgan fingerprint density at radius 3 is 2.38 bits per heavy atom. The number of hydrogen-bond acceptors (Lipinski definition) is 4. The highest BCUT2D eigenvalue weighted by atomic mass is 16.2. The lowest BCUT2D eigenvalue weighted by Crippen LogP contribution is -2.57. The van der Waals surface area contributed by atoms with Crippen LogP contribution in [0.3, 0.4) is 0 Å². The van der Waals surface area contributed by atoms with E-state index in [1.165, 1.54) is 17.7 Å². The Hall–Kier alpha value is -2.73. The molecule has 3 heterocycles. The number of benzene rings is 1. The van der Waals surface area contributed by atoms with Gasteiger partial charge in [-0.2, -0.15) is 0 Å². The van der Waals surface area contributed by atoms with Crippen LogP contribution in [0.25, 0.3) is 0 Å². The molecule has 0 aliphatic carbocycles. The van der Waals surface area contributed by atoms with Gasteiger partial charge in [0.1, 0.15) is 5.54 Å². The Morgan fingerprint density at radius 2 is 1.74 bits per heavy atom. The largest absolute Gasteiger partial charge is 0.325 e. The Labute approximate surface area is 203 Å². The van der Waals surface area contributed by atoms with Crippen molar-refractivity contribution in [3.8, 4) is 0 Å². The minimum Gasteiger partial charge on any atom is -0.322 e. The lowest BCUT2D eigenvalue weighted by atomic mass is 9.73. The average molecular weight is 463 g/mol. The number of carbonyl (C=O) groups is 2. The van der Waals surface area contributed by atoms with Gasteiger partial charge in [0.15, 0.2) is 0 Å². The molecule has 3 amide bonds. The summed E-state index contributed by atoms with van der Waals surface area (Å²) in [5.74, 6) is 0.780. The molecule has 0 saturated carbocycles. The maximum atomic E-state index is 13.9. The molecule has 1 aromatic carbocycles. The standard InChI is InChI=1S/C28H38N4O2/c1-3-22(4-2)21-31-17-13-24(14-18-31)28(20-23-10-6-5-7-11-23)26(33)32(27(34)30-28)19-15-25-12-8-9-16-29-25/h5-12,16,22,24H,3-4,13-15,17-21H2,1-2H3,(H,30,34)/t28-/m0/s1. The number of urea groups is 1. The van der Waals surface area contributed by atoms with Gasteiger partial charge in [-0.1, -0.05) is 63.1 Å². The molecule has 1 atom stereocenters. The van der Waals surface area contributed by atoms with Gasteiger partial charge >= 0.3 is 6.03 Å². The Kier molecular flexibility index (Phi) is 7.99. The number of nitrogens with one attached hydrogen (secondary N) is 1. The Balaban J connectivity index is 1.51. The zero-order chi connectivity index (χ0) is 24.0. The van der Waals surface area contributed by atoms with Crippen LogP contribution in [0.1, 0.15) is 50.8 Å². The van der Waals surface area contributed by atoms with E-state index in [1.54, 1.807) is 6.20 Å². The third-order valence-corrected chi connectivity index (χ3v) is 7.80. The van der Waals surface area contributed by atoms with Gasteiger partial charge < -0.3 is 10.2 Å². The molecule has 0 radical (unpaired) electrons. The molecule has 2 saturated heterocycles. The topological polar surface area (TPSA) is 65.5 Å². The quantitative estimate of drug-likeness (QED) is 0.535. The fraction of sp³-hybridized carbons (Fsp3) is 0.536. The van der Waals surface area contributed by atoms with Crippen LogP contribution in [0.5, 0.6) is 0 Å². The average Bonchev–Trinajstić information content (AvgIpc) is 3.12. The van der Waals surface area contributed by atoms with Gasteiger partial charge in [-0.3, -0.25) is 14.7 Å². The summed E-state index contributed by atoms with van der Waals surface area (Å²) in [6.45, 7) is 7.97. The molecule has 2 aliphatic rings. The van der Waals surface area contributed by atoms with E-state index >= 15 is 0 Å². The molecule has 0 unspecified atom stereocenters. The molecule has 6 heteroatoms. The van der Waals surface area contributed by atoms with Crippen molar-refractivity contribution in [2.45, 2.75) is 57.9 Å². The molecule has 182 valence electrons. The minimum absolute atomic E-state index is 0.0734. The van der Waals surface area contributed by atoms with Crippen LogP contribution < -0.4 is 5.32 Å². The highest BCUT2D eigenvalue weighted by molar-refractivity contribution is 6.07. The number of likely N-dealkylation sites (tertiary alicyclic amines) is 1. The fourth-order valence-electron chi connectivity index (χ4n) is 5.60. The maximum Gasteiger partial charge on any atom is 0.325 e. The molecule has 1 N–H and O–H groups in total. The number of imide groups is 1. The van der Waals surface area contributed by atoms with Crippen molar-refractivity contribution in [3.05, 3.63) is 66.0 Å². The van der Waals surface area contributed by atoms with Gasteiger partial charge in [-0.05, 0) is 55.5 Å². The zero-order valence-corrected chi connectivity index (χ0v) is 20.6. The van der Waals surface area contributed by atoms with Crippen molar-refractivity contribution in [2.24, 2.45) is 11.8 Å². The molecule has 4 rings (SSSR count). The molecule has 2 aromatic rings. The first kappa shape index (κ1) is 24.4. The van der Waals surface area contributed by atoms with E-state index < -0.39 is 5.54 Å². The predicted molar refractivity (Wildman–Crippen MR) is 134 cm³/mol. The zero-order valence-electron chi connectivity index (χ0n) is 20.6. The molecule has 1 aromatic heterocycles. The predicted octanol–water partition coefficient (Wildman–Crippen LogP) is 4.31. The number of amides is 3. The normalized spacial score (nSPS) is 21.9. The number of hydrogen-bond donors (Lipinski definition) is 1. The first-order valence-corrected chi connectivity index (χ1v) is 12.9. The summed E-state index contributed by atoms with van der Waals surface area (Å²) >= 11 is 0. The monoisotopic (exact) mass is 462 g/mol. The van der Waals surface area contributed by atoms with E-state index in [0.29, 0.717) is 19.4 Å². The summed E-state index contributed by atoms with van der Waals surface area (Å²) in [4.78, 5) is 35.4. The van der Waals surface area contributed by atoms with Gasteiger partial charge in [0.2, 0.25) is 0 Å². The van der Waals surface area contributed by atoms with Crippen molar-refractivity contribution in [3.63, 3.8) is 0 Å². The van der Waals surface area contributed by atoms with Crippen molar-refractivity contribution < 1.29 is 9.59 Å². The second-order valence-electron chi connectivity index (χ2n) is 9.85. The Morgan fingerprint density at radius 1 is 1.03 bits per heavy atom. The lowest BCUT2D eigenvalue weighted by molar-refractivity contribution is -0.134. The fourth-order valence-corrected chi connectivity index (χ4v) is 5.60. The highest BCUT2D eigenvalue weighted by Crippen LogP contribution is 2.37. The van der Waals surface area contributed by atoms with Gasteiger partial charge in [0.05, 0.1) is 0 Å². The number of piperidine rings is 1. The number of pyridine rings is 1. The smallest absolute Gasteiger partial charge is 0.322 e. The van der Waals surface area contributed by atoms with Crippen molar-refractivity contribution in [2.75, 3.05) is 26.2 Å². The lowest BCUT2D eigenvalue weighted by Gasteiger charge is -2.41. The van der Waals surface area contributed by atoms with Crippen molar-refractivity contribution in [1.29, 1.82) is 0 Å². The van der Waals surface area contributed by atoms with Crippen LogP contribution in [0, 0.1) is 11.8 Å². The van der Waals surface area contributed by atoms with Gasteiger partial charge in [0.25, 0.3) is 5.91 Å². The molecule has 2 fully saturated rings. The first-order chi connectivity index (χ1) is 16.6. The van der Waals surface area contributed by atoms with E-state index in [-0.39, 0.29) is 17.9 Å². The van der Waals surface area contributed by atoms with Crippen LogP contribution in [-0.4, -0.2) is 58.4 Å². The summed E-state index contributed by atoms with van der Waals surface area (Å²) in [7, 11) is 0. The molecule has 2 aliphatic heterocycles. The first-order valence-electron chi connectivity index (χ1n) is 12.9. The van der Waals surface area contributed by atoms with E-state index in [1.807, 2.05) is 36.4 Å². The van der Waals surface area contributed by atoms with Crippen LogP contribution in [0.4, 0.5) is 4.79 Å². The summed E-state index contributed by atoms with van der Waals surface area (Å²) in [5, 5.41) is 3.20. The SMILES string of the molecule is CCC(CC)CN1CCC([C@]2(Cc3ccccc3)NC(=O)N(CCc3ccccn3)C2=O)CC1. The van der Waals surface area contributed by atoms with Crippen LogP contribution in [-0.2, 0) is 17.6 Å². The highest BCUT2D eigenvalue weighted by Gasteiger charge is 2.55. The van der Waals surface area contributed by atoms with Crippen molar-refractivity contribution in [1.82, 2.24) is 20.1 Å². The molecule has 34 heavy (non-hydrogen) atoms. The molecule has 6 nitrogen and oxygen atoms in total. The third-order valence-electron chi connectivity index (χ3n) is 7.80. The third kappa shape index (κ3) is 5.33. The minimum atomic E-state index is -0.871. The van der Waals surface area contributed by atoms with Gasteiger partial charge in [-0.25, -0.2) is 4.79 Å². The van der Waals surface area contributed by atoms with Crippen LogP contribution in [0.15, 0.2) is 54.7 Å². The van der Waals surface area contributed by atoms with E-state index in [9.17, 15) is 9.59 Å². The number of aromatic nitrogens is 1. The summed E-state index contributed by atoms with van der Waals surface area (Å²) in [5.41, 5.74) is 1.10. The van der Waals surface area contributed by atoms with Gasteiger partial charge in [-0.15, -0.1) is 0 Å². The summed E-state index contributed by atoms with van der Waals surface area (Å²) < 4.78 is 0. The molecular formula is C28H38N4O2. The molecule has 0 spiro atoms. The maximum absolute atomic E-state index is 13.9. The van der Waals surface area contributed by atoms with Crippen LogP contribution >= 0.6 is 0 Å². The molecule has 0 bridgehead atoms. The van der Waals surface area contributed by atoms with Crippen LogP contribution in [0.2, 0.25) is 0 Å². The second-order valence-corrected chi connectivity index (χ2v) is 9.85. The van der Waals surface area contributed by atoms with E-state index in [2.05, 4.69) is 41.2 Å². The van der Waals surface area contributed by atoms with E-state index in [0.717, 1.165) is 49.7 Å². The van der Waals surface area contributed by atoms with Gasteiger partial charge in [0, 0.05) is 37.8 Å². The molecular weight excluding hydrogens is 424 g/mol. The van der Waals surface area contributed by atoms with E-state index in [4.69, 9.17) is 0 Å². The number of rotatable bonds is 10. The number of nitrogens with zero attached hydrogens (tertiary/aromatic N) is 3. The Bertz CT molecular complexity index is 939. The number of carbonyl (C=O) groups excluding carboxylic acids is 2. The second kappa shape index (κ2) is 11.1. The summed E-state index contributed by atoms with van der Waals surface area (Å²) in [6.07, 6.45) is 7.10. The summed E-state index contributed by atoms with van der Waals surface area (Å²) in [6, 6.07) is 15.6. The van der Waals surface area contributed by atoms with Crippen molar-refractivity contribution >= 4 is 11.9 Å².